The molecule has 0 aliphatic carbocycles. The lowest BCUT2D eigenvalue weighted by Crippen LogP contribution is -2.27. The molecule has 0 N–H and O–H groups in total. The summed E-state index contributed by atoms with van der Waals surface area (Å²) in [5.41, 5.74) is 4.78. The Morgan fingerprint density at radius 1 is 0.854 bits per heavy atom. The van der Waals surface area contributed by atoms with E-state index in [9.17, 15) is 9.59 Å². The van der Waals surface area contributed by atoms with Gasteiger partial charge in [0.2, 0.25) is 0 Å². The summed E-state index contributed by atoms with van der Waals surface area (Å²) < 4.78 is 15.8. The molecular weight excluding hydrogens is 536 g/mol. The fourth-order valence-corrected chi connectivity index (χ4v) is 5.28. The Balaban J connectivity index is 1.38. The zero-order valence-corrected chi connectivity index (χ0v) is 24.4. The van der Waals surface area contributed by atoms with Crippen LogP contribution in [0.1, 0.15) is 46.4 Å². The number of esters is 2. The van der Waals surface area contributed by atoms with Crippen molar-refractivity contribution in [3.05, 3.63) is 107 Å². The van der Waals surface area contributed by atoms with E-state index in [4.69, 9.17) is 19.2 Å². The van der Waals surface area contributed by atoms with E-state index in [1.807, 2.05) is 53.9 Å². The molecule has 3 aromatic carbocycles. The molecule has 0 unspecified atom stereocenters. The summed E-state index contributed by atoms with van der Waals surface area (Å²) in [5.74, 6) is 0.327. The maximum absolute atomic E-state index is 11.8. The first-order valence-electron chi connectivity index (χ1n) is 13.7. The van der Waals surface area contributed by atoms with Gasteiger partial charge in [-0.05, 0) is 55.1 Å². The monoisotopic (exact) mass is 572 g/mol. The van der Waals surface area contributed by atoms with Crippen LogP contribution in [0.25, 0.3) is 10.6 Å². The van der Waals surface area contributed by atoms with Gasteiger partial charge in [0.05, 0.1) is 25.5 Å². The van der Waals surface area contributed by atoms with Crippen LogP contribution in [0.3, 0.4) is 0 Å². The summed E-state index contributed by atoms with van der Waals surface area (Å²) >= 11 is 1.62. The zero-order valence-electron chi connectivity index (χ0n) is 23.6. The quantitative estimate of drug-likeness (QED) is 0.118. The minimum atomic E-state index is -0.346. The topological polar surface area (TPSA) is 78.0 Å². The number of benzene rings is 3. The predicted molar refractivity (Wildman–Crippen MR) is 161 cm³/mol. The molecule has 4 rings (SSSR count). The lowest BCUT2D eigenvalue weighted by Gasteiger charge is -2.23. The summed E-state index contributed by atoms with van der Waals surface area (Å²) in [5, 5.41) is 3.03. The molecule has 7 nitrogen and oxygen atoms in total. The number of methoxy groups -OCH3 is 2. The highest BCUT2D eigenvalue weighted by Gasteiger charge is 2.12. The third-order valence-electron chi connectivity index (χ3n) is 6.73. The first-order chi connectivity index (χ1) is 20.1. The van der Waals surface area contributed by atoms with Crippen molar-refractivity contribution in [2.24, 2.45) is 0 Å². The molecule has 1 heterocycles. The normalized spacial score (nSPS) is 10.9. The van der Waals surface area contributed by atoms with Crippen molar-refractivity contribution in [3.63, 3.8) is 0 Å². The molecule has 0 saturated carbocycles. The largest absolute Gasteiger partial charge is 0.487 e. The molecule has 0 atom stereocenters. The average Bonchev–Trinajstić information content (AvgIpc) is 3.50. The zero-order chi connectivity index (χ0) is 28.9. The van der Waals surface area contributed by atoms with Gasteiger partial charge in [0.15, 0.2) is 0 Å². The summed E-state index contributed by atoms with van der Waals surface area (Å²) in [6, 6.07) is 25.8. The minimum absolute atomic E-state index is 0.183. The van der Waals surface area contributed by atoms with Gasteiger partial charge in [-0.15, -0.1) is 11.3 Å². The fourth-order valence-electron chi connectivity index (χ4n) is 4.47. The van der Waals surface area contributed by atoms with E-state index in [0.717, 1.165) is 72.0 Å². The summed E-state index contributed by atoms with van der Waals surface area (Å²) in [6.45, 7) is 2.78. The number of carbonyl (C=O) groups is 2. The SMILES string of the molecule is COC(=O)CCCCN(CCc1ccccc1OCc1csc(-c2ccccc2)n1)Cc1ccc(C(=O)OC)cc1. The molecule has 0 aliphatic rings. The first kappa shape index (κ1) is 30.0. The van der Waals surface area contributed by atoms with Crippen LogP contribution in [0, 0.1) is 0 Å². The Labute approximate surface area is 245 Å². The van der Waals surface area contributed by atoms with E-state index in [1.165, 1.54) is 14.2 Å². The number of thiazole rings is 1. The van der Waals surface area contributed by atoms with E-state index in [-0.39, 0.29) is 11.9 Å². The molecule has 0 bridgehead atoms. The van der Waals surface area contributed by atoms with E-state index in [2.05, 4.69) is 23.1 Å². The summed E-state index contributed by atoms with van der Waals surface area (Å²) in [6.07, 6.45) is 2.86. The molecular formula is C33H36N2O5S. The molecule has 0 fully saturated rings. The molecule has 41 heavy (non-hydrogen) atoms. The van der Waals surface area contributed by atoms with Crippen molar-refractivity contribution >= 4 is 23.3 Å². The number of ether oxygens (including phenoxy) is 3. The molecule has 4 aromatic rings. The number of para-hydroxylation sites is 1. The Morgan fingerprint density at radius 2 is 1.61 bits per heavy atom. The van der Waals surface area contributed by atoms with Crippen molar-refractivity contribution in [2.75, 3.05) is 27.3 Å². The van der Waals surface area contributed by atoms with Gasteiger partial charge in [-0.25, -0.2) is 9.78 Å². The van der Waals surface area contributed by atoms with E-state index in [0.29, 0.717) is 18.6 Å². The highest BCUT2D eigenvalue weighted by atomic mass is 32.1. The van der Waals surface area contributed by atoms with E-state index in [1.54, 1.807) is 23.5 Å². The smallest absolute Gasteiger partial charge is 0.337 e. The van der Waals surface area contributed by atoms with Crippen molar-refractivity contribution in [1.82, 2.24) is 9.88 Å². The summed E-state index contributed by atoms with van der Waals surface area (Å²) in [7, 11) is 2.80. The standard InChI is InChI=1S/C33H36N2O5S/c1-38-31(36)14-8-9-20-35(22-25-15-17-28(18-16-25)33(37)39-2)21-19-26-10-6-7-13-30(26)40-23-29-24-41-32(34-29)27-11-4-3-5-12-27/h3-7,10-13,15-18,24H,8-9,14,19-23H2,1-2H3. The average molecular weight is 573 g/mol. The second-order valence-electron chi connectivity index (χ2n) is 9.65. The summed E-state index contributed by atoms with van der Waals surface area (Å²) in [4.78, 5) is 30.5. The highest BCUT2D eigenvalue weighted by molar-refractivity contribution is 7.13. The van der Waals surface area contributed by atoms with Crippen LogP contribution in [0.15, 0.2) is 84.2 Å². The predicted octanol–water partition coefficient (Wildman–Crippen LogP) is 6.56. The van der Waals surface area contributed by atoms with Gasteiger partial charge in [0.25, 0.3) is 0 Å². The van der Waals surface area contributed by atoms with Crippen LogP contribution in [-0.2, 0) is 33.8 Å². The number of hydrogen-bond donors (Lipinski definition) is 0. The molecule has 8 heteroatoms. The first-order valence-corrected chi connectivity index (χ1v) is 14.6. The molecule has 0 saturated heterocycles. The third kappa shape index (κ3) is 9.27. The van der Waals surface area contributed by atoms with E-state index >= 15 is 0 Å². The maximum atomic E-state index is 11.8. The number of hydrogen-bond acceptors (Lipinski definition) is 8. The minimum Gasteiger partial charge on any atom is -0.487 e. The Kier molecular flexibility index (Phi) is 11.5. The van der Waals surface area contributed by atoms with E-state index < -0.39 is 0 Å². The van der Waals surface area contributed by atoms with Crippen molar-refractivity contribution in [3.8, 4) is 16.3 Å². The van der Waals surface area contributed by atoms with Gasteiger partial charge in [-0.3, -0.25) is 9.69 Å². The number of carbonyl (C=O) groups excluding carboxylic acids is 2. The Morgan fingerprint density at radius 3 is 2.37 bits per heavy atom. The number of nitrogens with zero attached hydrogens (tertiary/aromatic N) is 2. The van der Waals surface area contributed by atoms with Crippen molar-refractivity contribution < 1.29 is 23.8 Å². The second-order valence-corrected chi connectivity index (χ2v) is 10.5. The Hall–Kier alpha value is -4.01. The fraction of sp³-hybridized carbons (Fsp3) is 0.303. The molecule has 0 radical (unpaired) electrons. The van der Waals surface area contributed by atoms with Gasteiger partial charge in [0, 0.05) is 30.5 Å². The van der Waals surface area contributed by atoms with Crippen LogP contribution in [0.5, 0.6) is 5.75 Å². The van der Waals surface area contributed by atoms with Crippen LogP contribution < -0.4 is 4.74 Å². The highest BCUT2D eigenvalue weighted by Crippen LogP contribution is 2.25. The number of rotatable bonds is 15. The molecule has 0 spiro atoms. The van der Waals surface area contributed by atoms with Crippen LogP contribution in [0.2, 0.25) is 0 Å². The lowest BCUT2D eigenvalue weighted by atomic mass is 10.1. The van der Waals surface area contributed by atoms with Gasteiger partial charge >= 0.3 is 11.9 Å². The maximum Gasteiger partial charge on any atom is 0.337 e. The number of aromatic nitrogens is 1. The van der Waals surface area contributed by atoms with Gasteiger partial charge in [0.1, 0.15) is 17.4 Å². The van der Waals surface area contributed by atoms with Gasteiger partial charge in [-0.2, -0.15) is 0 Å². The van der Waals surface area contributed by atoms with Crippen molar-refractivity contribution in [2.45, 2.75) is 38.8 Å². The van der Waals surface area contributed by atoms with Crippen LogP contribution in [-0.4, -0.2) is 49.1 Å². The second kappa shape index (κ2) is 15.7. The van der Waals surface area contributed by atoms with Crippen molar-refractivity contribution in [1.29, 1.82) is 0 Å². The molecule has 0 amide bonds. The Bertz CT molecular complexity index is 1390. The molecule has 214 valence electrons. The molecule has 1 aromatic heterocycles. The van der Waals surface area contributed by atoms with Gasteiger partial charge in [-0.1, -0.05) is 60.7 Å². The lowest BCUT2D eigenvalue weighted by molar-refractivity contribution is -0.140. The van der Waals surface area contributed by atoms with Crippen LogP contribution >= 0.6 is 11.3 Å². The van der Waals surface area contributed by atoms with Crippen LogP contribution in [0.4, 0.5) is 0 Å². The molecule has 0 aliphatic heterocycles. The van der Waals surface area contributed by atoms with Gasteiger partial charge < -0.3 is 14.2 Å². The number of unbranched alkanes of at least 4 members (excludes halogenated alkanes) is 1. The third-order valence-corrected chi connectivity index (χ3v) is 7.67.